The van der Waals surface area contributed by atoms with Gasteiger partial charge in [0.2, 0.25) is 0 Å². The predicted molar refractivity (Wildman–Crippen MR) is 74.3 cm³/mol. The molecule has 0 aliphatic rings. The first-order chi connectivity index (χ1) is 8.75. The SMILES string of the molecule is NC(=S)c1cc(-c2ccccc2)cn2ncnc12. The van der Waals surface area contributed by atoms with Crippen molar-refractivity contribution >= 4 is 22.9 Å². The minimum absolute atomic E-state index is 0.325. The smallest absolute Gasteiger partial charge is 0.165 e. The third-order valence-electron chi connectivity index (χ3n) is 2.75. The van der Waals surface area contributed by atoms with Crippen LogP contribution in [0.25, 0.3) is 16.8 Å². The molecular formula is C13H10N4S. The zero-order valence-electron chi connectivity index (χ0n) is 9.45. The molecular weight excluding hydrogens is 244 g/mol. The minimum atomic E-state index is 0.325. The maximum Gasteiger partial charge on any atom is 0.165 e. The molecule has 88 valence electrons. The highest BCUT2D eigenvalue weighted by Crippen LogP contribution is 2.21. The van der Waals surface area contributed by atoms with Gasteiger partial charge in [-0.25, -0.2) is 9.50 Å². The standard InChI is InChI=1S/C13H10N4S/c14-12(18)11-6-10(9-4-2-1-3-5-9)7-17-13(11)15-8-16-17/h1-8H,(H2,14,18). The molecule has 0 radical (unpaired) electrons. The third-order valence-corrected chi connectivity index (χ3v) is 2.97. The lowest BCUT2D eigenvalue weighted by Gasteiger charge is -2.06. The molecule has 2 N–H and O–H groups in total. The molecule has 18 heavy (non-hydrogen) atoms. The maximum absolute atomic E-state index is 5.74. The van der Waals surface area contributed by atoms with Crippen molar-refractivity contribution in [1.82, 2.24) is 14.6 Å². The summed E-state index contributed by atoms with van der Waals surface area (Å²) in [6.45, 7) is 0. The van der Waals surface area contributed by atoms with E-state index in [0.29, 0.717) is 10.6 Å². The molecule has 0 unspecified atom stereocenters. The molecule has 0 saturated heterocycles. The van der Waals surface area contributed by atoms with Gasteiger partial charge in [0.15, 0.2) is 5.65 Å². The fourth-order valence-electron chi connectivity index (χ4n) is 1.90. The molecule has 4 nitrogen and oxygen atoms in total. The van der Waals surface area contributed by atoms with Gasteiger partial charge in [-0.3, -0.25) is 0 Å². The van der Waals surface area contributed by atoms with E-state index in [1.165, 1.54) is 6.33 Å². The van der Waals surface area contributed by atoms with Gasteiger partial charge < -0.3 is 5.73 Å². The van der Waals surface area contributed by atoms with Crippen LogP contribution in [0.1, 0.15) is 5.56 Å². The number of hydrogen-bond donors (Lipinski definition) is 1. The number of nitrogens with zero attached hydrogens (tertiary/aromatic N) is 3. The third kappa shape index (κ3) is 1.74. The number of thiocarbonyl (C=S) groups is 1. The molecule has 2 heterocycles. The first-order valence-corrected chi connectivity index (χ1v) is 5.85. The Bertz CT molecular complexity index is 718. The Balaban J connectivity index is 2.29. The second-order valence-electron chi connectivity index (χ2n) is 3.90. The average molecular weight is 254 g/mol. The van der Waals surface area contributed by atoms with Crippen molar-refractivity contribution in [3.05, 3.63) is 54.5 Å². The molecule has 2 aromatic heterocycles. The summed E-state index contributed by atoms with van der Waals surface area (Å²) in [6.07, 6.45) is 3.41. The Labute approximate surface area is 109 Å². The van der Waals surface area contributed by atoms with Crippen LogP contribution in [0.4, 0.5) is 0 Å². The summed E-state index contributed by atoms with van der Waals surface area (Å²) in [7, 11) is 0. The van der Waals surface area contributed by atoms with Gasteiger partial charge in [0.25, 0.3) is 0 Å². The molecule has 0 atom stereocenters. The van der Waals surface area contributed by atoms with Gasteiger partial charge in [-0.15, -0.1) is 0 Å². The normalized spacial score (nSPS) is 10.7. The van der Waals surface area contributed by atoms with Gasteiger partial charge in [0, 0.05) is 11.8 Å². The summed E-state index contributed by atoms with van der Waals surface area (Å²) in [5.41, 5.74) is 9.26. The molecule has 0 spiro atoms. The van der Waals surface area contributed by atoms with Crippen molar-refractivity contribution in [2.24, 2.45) is 5.73 Å². The minimum Gasteiger partial charge on any atom is -0.389 e. The van der Waals surface area contributed by atoms with Crippen molar-refractivity contribution in [2.75, 3.05) is 0 Å². The molecule has 0 saturated carbocycles. The van der Waals surface area contributed by atoms with Crippen molar-refractivity contribution in [3.63, 3.8) is 0 Å². The number of rotatable bonds is 2. The fourth-order valence-corrected chi connectivity index (χ4v) is 2.05. The summed E-state index contributed by atoms with van der Waals surface area (Å²) < 4.78 is 1.69. The van der Waals surface area contributed by atoms with E-state index in [1.54, 1.807) is 4.52 Å². The Morgan fingerprint density at radius 3 is 2.67 bits per heavy atom. The van der Waals surface area contributed by atoms with Crippen LogP contribution >= 0.6 is 12.2 Å². The monoisotopic (exact) mass is 254 g/mol. The number of benzene rings is 1. The van der Waals surface area contributed by atoms with Crippen molar-refractivity contribution in [1.29, 1.82) is 0 Å². The van der Waals surface area contributed by atoms with Gasteiger partial charge in [-0.2, -0.15) is 5.10 Å². The van der Waals surface area contributed by atoms with E-state index in [-0.39, 0.29) is 0 Å². The van der Waals surface area contributed by atoms with Crippen LogP contribution in [-0.2, 0) is 0 Å². The summed E-state index contributed by atoms with van der Waals surface area (Å²) in [6, 6.07) is 12.0. The lowest BCUT2D eigenvalue weighted by Crippen LogP contribution is -2.11. The topological polar surface area (TPSA) is 56.2 Å². The van der Waals surface area contributed by atoms with Gasteiger partial charge in [-0.05, 0) is 11.6 Å². The molecule has 1 aromatic carbocycles. The summed E-state index contributed by atoms with van der Waals surface area (Å²) in [4.78, 5) is 4.48. The Kier molecular flexibility index (Phi) is 2.53. The van der Waals surface area contributed by atoms with Crippen molar-refractivity contribution in [3.8, 4) is 11.1 Å². The molecule has 0 aliphatic carbocycles. The zero-order valence-corrected chi connectivity index (χ0v) is 10.3. The highest BCUT2D eigenvalue weighted by molar-refractivity contribution is 7.80. The first-order valence-electron chi connectivity index (χ1n) is 5.44. The average Bonchev–Trinajstić information content (AvgIpc) is 2.86. The van der Waals surface area contributed by atoms with Gasteiger partial charge >= 0.3 is 0 Å². The maximum atomic E-state index is 5.74. The molecule has 0 aliphatic heterocycles. The van der Waals surface area contributed by atoms with Gasteiger partial charge in [-0.1, -0.05) is 42.5 Å². The van der Waals surface area contributed by atoms with Crippen LogP contribution in [0.5, 0.6) is 0 Å². The second-order valence-corrected chi connectivity index (χ2v) is 4.34. The largest absolute Gasteiger partial charge is 0.389 e. The van der Waals surface area contributed by atoms with E-state index < -0.39 is 0 Å². The van der Waals surface area contributed by atoms with Crippen LogP contribution in [0.15, 0.2) is 48.9 Å². The van der Waals surface area contributed by atoms with E-state index in [4.69, 9.17) is 18.0 Å². The Morgan fingerprint density at radius 2 is 1.94 bits per heavy atom. The summed E-state index contributed by atoms with van der Waals surface area (Å²) >= 11 is 5.06. The van der Waals surface area contributed by atoms with Crippen molar-refractivity contribution < 1.29 is 0 Å². The molecule has 5 heteroatoms. The Morgan fingerprint density at radius 1 is 1.17 bits per heavy atom. The van der Waals surface area contributed by atoms with E-state index >= 15 is 0 Å². The number of hydrogen-bond acceptors (Lipinski definition) is 3. The predicted octanol–water partition coefficient (Wildman–Crippen LogP) is 2.03. The van der Waals surface area contributed by atoms with Crippen LogP contribution in [0.2, 0.25) is 0 Å². The molecule has 0 fully saturated rings. The number of fused-ring (bicyclic) bond motifs is 1. The van der Waals surface area contributed by atoms with E-state index in [2.05, 4.69) is 10.1 Å². The van der Waals surface area contributed by atoms with Crippen LogP contribution < -0.4 is 5.73 Å². The highest BCUT2D eigenvalue weighted by Gasteiger charge is 2.09. The lowest BCUT2D eigenvalue weighted by atomic mass is 10.1. The number of aromatic nitrogens is 3. The highest BCUT2D eigenvalue weighted by atomic mass is 32.1. The molecule has 0 bridgehead atoms. The molecule has 3 rings (SSSR count). The Hall–Kier alpha value is -2.27. The van der Waals surface area contributed by atoms with Crippen LogP contribution in [0.3, 0.4) is 0 Å². The molecule has 0 amide bonds. The number of nitrogens with two attached hydrogens (primary N) is 1. The van der Waals surface area contributed by atoms with E-state index in [0.717, 1.165) is 16.7 Å². The zero-order chi connectivity index (χ0) is 12.5. The van der Waals surface area contributed by atoms with Crippen LogP contribution in [0, 0.1) is 0 Å². The van der Waals surface area contributed by atoms with Gasteiger partial charge in [0.05, 0.1) is 5.56 Å². The second kappa shape index (κ2) is 4.19. The summed E-state index contributed by atoms with van der Waals surface area (Å²) in [5, 5.41) is 4.14. The van der Waals surface area contributed by atoms with Crippen LogP contribution in [-0.4, -0.2) is 19.6 Å². The summed E-state index contributed by atoms with van der Waals surface area (Å²) in [5.74, 6) is 0. The number of pyridine rings is 1. The fraction of sp³-hybridized carbons (Fsp3) is 0. The lowest BCUT2D eigenvalue weighted by molar-refractivity contribution is 0.961. The van der Waals surface area contributed by atoms with Crippen molar-refractivity contribution in [2.45, 2.75) is 0 Å². The van der Waals surface area contributed by atoms with E-state index in [1.807, 2.05) is 42.6 Å². The quantitative estimate of drug-likeness (QED) is 0.711. The van der Waals surface area contributed by atoms with Gasteiger partial charge in [0.1, 0.15) is 11.3 Å². The van der Waals surface area contributed by atoms with E-state index in [9.17, 15) is 0 Å². The molecule has 3 aromatic rings. The first kappa shape index (κ1) is 10.9.